The van der Waals surface area contributed by atoms with Crippen LogP contribution in [-0.2, 0) is 0 Å². The molecular weight excluding hydrogens is 295 g/mol. The summed E-state index contributed by atoms with van der Waals surface area (Å²) in [7, 11) is 0. The molecule has 2 heterocycles. The lowest BCUT2D eigenvalue weighted by atomic mass is 10.1. The van der Waals surface area contributed by atoms with Crippen LogP contribution in [0.2, 0.25) is 0 Å². The Morgan fingerprint density at radius 2 is 2.23 bits per heavy atom. The highest BCUT2D eigenvalue weighted by molar-refractivity contribution is 14.1. The first-order valence-electron chi connectivity index (χ1n) is 4.09. The topological polar surface area (TPSA) is 25.8 Å². The molecule has 4 heteroatoms. The third-order valence-electron chi connectivity index (χ3n) is 1.86. The molecule has 0 N–H and O–H groups in total. The summed E-state index contributed by atoms with van der Waals surface area (Å²) >= 11 is 3.93. The molecule has 0 aliphatic rings. The van der Waals surface area contributed by atoms with Gasteiger partial charge in [-0.15, -0.1) is 11.3 Å². The van der Waals surface area contributed by atoms with E-state index < -0.39 is 0 Å². The highest BCUT2D eigenvalue weighted by Gasteiger charge is 2.05. The molecule has 13 heavy (non-hydrogen) atoms. The van der Waals surface area contributed by atoms with Gasteiger partial charge >= 0.3 is 0 Å². The number of rotatable bonds is 1. The molecule has 0 saturated carbocycles. The van der Waals surface area contributed by atoms with Crippen LogP contribution in [0.1, 0.15) is 25.5 Å². The quantitative estimate of drug-likeness (QED) is 0.755. The highest BCUT2D eigenvalue weighted by atomic mass is 127. The minimum Gasteiger partial charge on any atom is -0.259 e. The van der Waals surface area contributed by atoms with Crippen LogP contribution in [0.3, 0.4) is 0 Å². The molecule has 2 aromatic rings. The van der Waals surface area contributed by atoms with Gasteiger partial charge in [-0.05, 0) is 34.6 Å². The summed E-state index contributed by atoms with van der Waals surface area (Å²) in [5.41, 5.74) is 2.20. The Hall–Kier alpha value is -0.230. The minimum atomic E-state index is 0.476. The van der Waals surface area contributed by atoms with Crippen molar-refractivity contribution in [3.8, 4) is 0 Å². The van der Waals surface area contributed by atoms with Crippen molar-refractivity contribution in [1.29, 1.82) is 0 Å². The molecule has 2 aromatic heterocycles. The van der Waals surface area contributed by atoms with Crippen molar-refractivity contribution in [3.05, 3.63) is 21.0 Å². The van der Waals surface area contributed by atoms with Crippen LogP contribution in [0.4, 0.5) is 0 Å². The average molecular weight is 304 g/mol. The van der Waals surface area contributed by atoms with Crippen molar-refractivity contribution < 1.29 is 0 Å². The fraction of sp³-hybridized carbons (Fsp3) is 0.333. The fourth-order valence-electron chi connectivity index (χ4n) is 1.14. The number of hydrogen-bond acceptors (Lipinski definition) is 3. The first kappa shape index (κ1) is 9.33. The lowest BCUT2D eigenvalue weighted by Crippen LogP contribution is -1.90. The van der Waals surface area contributed by atoms with Crippen molar-refractivity contribution in [2.24, 2.45) is 0 Å². The van der Waals surface area contributed by atoms with Crippen molar-refractivity contribution in [3.63, 3.8) is 0 Å². The van der Waals surface area contributed by atoms with E-state index in [-0.39, 0.29) is 0 Å². The Bertz CT molecular complexity index is 436. The van der Waals surface area contributed by atoms with Crippen molar-refractivity contribution in [2.75, 3.05) is 0 Å². The predicted octanol–water partition coefficient (Wildman–Crippen LogP) is 3.42. The van der Waals surface area contributed by atoms with Gasteiger partial charge in [0.15, 0.2) is 3.01 Å². The molecule has 2 nitrogen and oxygen atoms in total. The van der Waals surface area contributed by atoms with Gasteiger partial charge < -0.3 is 0 Å². The molecule has 0 atom stereocenters. The Labute approximate surface area is 94.5 Å². The van der Waals surface area contributed by atoms with Gasteiger partial charge in [-0.3, -0.25) is 4.98 Å². The van der Waals surface area contributed by atoms with Crippen molar-refractivity contribution in [2.45, 2.75) is 19.8 Å². The summed E-state index contributed by atoms with van der Waals surface area (Å²) in [5.74, 6) is 0.476. The van der Waals surface area contributed by atoms with E-state index in [1.54, 1.807) is 11.3 Å². The molecule has 0 radical (unpaired) electrons. The summed E-state index contributed by atoms with van der Waals surface area (Å²) in [5, 5.41) is 0. The second-order valence-electron chi connectivity index (χ2n) is 3.20. The second kappa shape index (κ2) is 3.49. The molecule has 0 aliphatic heterocycles. The van der Waals surface area contributed by atoms with Gasteiger partial charge in [0, 0.05) is 11.9 Å². The maximum atomic E-state index is 4.42. The van der Waals surface area contributed by atoms with Crippen molar-refractivity contribution >= 4 is 44.1 Å². The minimum absolute atomic E-state index is 0.476. The number of fused-ring (bicyclic) bond motifs is 1. The summed E-state index contributed by atoms with van der Waals surface area (Å²) in [4.78, 5) is 8.81. The summed E-state index contributed by atoms with van der Waals surface area (Å²) in [6, 6.07) is 2.08. The lowest BCUT2D eigenvalue weighted by Gasteiger charge is -2.01. The summed E-state index contributed by atoms with van der Waals surface area (Å²) in [6.07, 6.45) is 1.92. The van der Waals surface area contributed by atoms with Gasteiger partial charge in [0.1, 0.15) is 0 Å². The first-order valence-corrected chi connectivity index (χ1v) is 5.98. The summed E-state index contributed by atoms with van der Waals surface area (Å²) in [6.45, 7) is 4.29. The highest BCUT2D eigenvalue weighted by Crippen LogP contribution is 2.24. The third kappa shape index (κ3) is 1.83. The monoisotopic (exact) mass is 304 g/mol. The number of nitrogens with zero attached hydrogens (tertiary/aromatic N) is 2. The second-order valence-corrected chi connectivity index (χ2v) is 5.98. The Kier molecular flexibility index (Phi) is 2.51. The van der Waals surface area contributed by atoms with E-state index in [1.165, 1.54) is 4.70 Å². The van der Waals surface area contributed by atoms with Gasteiger partial charge in [0.2, 0.25) is 0 Å². The third-order valence-corrected chi connectivity index (χ3v) is 3.56. The molecule has 0 aromatic carbocycles. The Balaban J connectivity index is 2.61. The first-order chi connectivity index (χ1) is 6.16. The Morgan fingerprint density at radius 1 is 1.46 bits per heavy atom. The van der Waals surface area contributed by atoms with Crippen LogP contribution in [0, 0.1) is 3.01 Å². The lowest BCUT2D eigenvalue weighted by molar-refractivity contribution is 0.826. The zero-order chi connectivity index (χ0) is 9.42. The van der Waals surface area contributed by atoms with Crippen LogP contribution >= 0.6 is 33.9 Å². The number of aromatic nitrogens is 2. The van der Waals surface area contributed by atoms with E-state index in [0.717, 1.165) is 14.2 Å². The molecule has 0 amide bonds. The normalized spacial score (nSPS) is 11.4. The van der Waals surface area contributed by atoms with Gasteiger partial charge in [-0.2, -0.15) is 0 Å². The van der Waals surface area contributed by atoms with Crippen LogP contribution < -0.4 is 0 Å². The van der Waals surface area contributed by atoms with Crippen LogP contribution in [-0.4, -0.2) is 9.97 Å². The SMILES string of the molecule is CC(C)c1cc2nc(I)sc2cn1. The molecule has 0 unspecified atom stereocenters. The van der Waals surface area contributed by atoms with Crippen molar-refractivity contribution in [1.82, 2.24) is 9.97 Å². The molecule has 0 aliphatic carbocycles. The maximum absolute atomic E-state index is 4.42. The van der Waals surface area contributed by atoms with E-state index in [1.807, 2.05) is 6.20 Å². The van der Waals surface area contributed by atoms with Crippen LogP contribution in [0.5, 0.6) is 0 Å². The largest absolute Gasteiger partial charge is 0.259 e. The maximum Gasteiger partial charge on any atom is 0.155 e. The fourth-order valence-corrected chi connectivity index (χ4v) is 2.75. The average Bonchev–Trinajstić information content (AvgIpc) is 2.42. The number of pyridine rings is 1. The zero-order valence-electron chi connectivity index (χ0n) is 7.41. The number of thiazole rings is 1. The van der Waals surface area contributed by atoms with E-state index in [2.05, 4.69) is 52.5 Å². The molecule has 0 fully saturated rings. The molecule has 0 spiro atoms. The molecule has 0 bridgehead atoms. The molecular formula is C9H9IN2S. The van der Waals surface area contributed by atoms with Crippen LogP contribution in [0.25, 0.3) is 10.2 Å². The van der Waals surface area contributed by atoms with Gasteiger partial charge in [-0.25, -0.2) is 4.98 Å². The van der Waals surface area contributed by atoms with Crippen LogP contribution in [0.15, 0.2) is 12.3 Å². The number of hydrogen-bond donors (Lipinski definition) is 0. The van der Waals surface area contributed by atoms with Gasteiger partial charge in [0.25, 0.3) is 0 Å². The van der Waals surface area contributed by atoms with E-state index >= 15 is 0 Å². The van der Waals surface area contributed by atoms with Gasteiger partial charge in [0.05, 0.1) is 10.2 Å². The molecule has 2 rings (SSSR count). The molecule has 68 valence electrons. The van der Waals surface area contributed by atoms with Gasteiger partial charge in [-0.1, -0.05) is 13.8 Å². The smallest absolute Gasteiger partial charge is 0.155 e. The predicted molar refractivity (Wildman–Crippen MR) is 64.2 cm³/mol. The number of halogens is 1. The Morgan fingerprint density at radius 3 is 2.92 bits per heavy atom. The van der Waals surface area contributed by atoms with E-state index in [0.29, 0.717) is 5.92 Å². The van der Waals surface area contributed by atoms with E-state index in [9.17, 15) is 0 Å². The standard InChI is InChI=1S/C9H9IN2S/c1-5(2)6-3-7-8(4-11-6)13-9(10)12-7/h3-5H,1-2H3. The zero-order valence-corrected chi connectivity index (χ0v) is 10.4. The van der Waals surface area contributed by atoms with E-state index in [4.69, 9.17) is 0 Å². The summed E-state index contributed by atoms with van der Waals surface area (Å²) < 4.78 is 2.25. The molecule has 0 saturated heterocycles.